The average molecular weight is 330 g/mol. The van der Waals surface area contributed by atoms with Crippen molar-refractivity contribution in [3.8, 4) is 0 Å². The topological polar surface area (TPSA) is 0 Å². The molecule has 1 heteroatoms. The van der Waals surface area contributed by atoms with E-state index in [1.165, 1.54) is 69.8 Å². The number of hydrogen-bond acceptors (Lipinski definition) is 0. The van der Waals surface area contributed by atoms with Gasteiger partial charge in [0.1, 0.15) is 0 Å². The van der Waals surface area contributed by atoms with Gasteiger partial charge in [0.25, 0.3) is 0 Å². The van der Waals surface area contributed by atoms with E-state index in [2.05, 4.69) is 45.0 Å². The Morgan fingerprint density at radius 2 is 1.30 bits per heavy atom. The molecule has 0 bridgehead atoms. The molecule has 0 unspecified atom stereocenters. The maximum absolute atomic E-state index is 2.59. The smallest absolute Gasteiger partial charge is 0.0132 e. The van der Waals surface area contributed by atoms with E-state index in [1.807, 2.05) is 0 Å². The van der Waals surface area contributed by atoms with E-state index < -0.39 is 0 Å². The number of benzene rings is 1. The lowest BCUT2D eigenvalue weighted by atomic mass is 9.87. The fraction of sp³-hybridized carbons (Fsp3) is 0.727. The van der Waals surface area contributed by atoms with Crippen LogP contribution in [0.5, 0.6) is 0 Å². The van der Waals surface area contributed by atoms with Gasteiger partial charge in [-0.25, -0.2) is 0 Å². The second-order valence-electron chi connectivity index (χ2n) is 8.79. The van der Waals surface area contributed by atoms with Gasteiger partial charge in [-0.1, -0.05) is 91.5 Å². The molecule has 3 rings (SSSR count). The predicted octanol–water partition coefficient (Wildman–Crippen LogP) is 6.76. The first-order valence-corrected chi connectivity index (χ1v) is 11.4. The van der Waals surface area contributed by atoms with Crippen LogP contribution >= 0.6 is 7.92 Å². The minimum Gasteiger partial charge on any atom is -0.0690 e. The molecule has 0 aromatic heterocycles. The van der Waals surface area contributed by atoms with Crippen molar-refractivity contribution in [1.29, 1.82) is 0 Å². The van der Waals surface area contributed by atoms with Gasteiger partial charge in [-0.05, 0) is 53.3 Å². The van der Waals surface area contributed by atoms with Gasteiger partial charge in [0.2, 0.25) is 0 Å². The van der Waals surface area contributed by atoms with Crippen LogP contribution in [-0.4, -0.2) is 11.3 Å². The van der Waals surface area contributed by atoms with Crippen molar-refractivity contribution in [2.24, 2.45) is 0 Å². The number of rotatable bonds is 3. The third-order valence-corrected chi connectivity index (χ3v) is 9.43. The predicted molar refractivity (Wildman–Crippen MR) is 105 cm³/mol. The first kappa shape index (κ1) is 17.5. The summed E-state index contributed by atoms with van der Waals surface area (Å²) in [6.45, 7) is 7.07. The van der Waals surface area contributed by atoms with E-state index >= 15 is 0 Å². The van der Waals surface area contributed by atoms with Gasteiger partial charge < -0.3 is 0 Å². The normalized spacial score (nSPS) is 21.7. The SMILES string of the molecule is CC(C)(C)c1cccc(P(C2CCCCC2)C2CCCCC2)c1. The molecule has 1 aromatic rings. The van der Waals surface area contributed by atoms with Gasteiger partial charge in [0.05, 0.1) is 0 Å². The summed E-state index contributed by atoms with van der Waals surface area (Å²) in [6, 6.07) is 9.76. The highest BCUT2D eigenvalue weighted by Gasteiger charge is 2.32. The minimum atomic E-state index is 0.0445. The Kier molecular flexibility index (Phi) is 5.84. The molecule has 2 aliphatic carbocycles. The Labute approximate surface area is 145 Å². The molecule has 23 heavy (non-hydrogen) atoms. The highest BCUT2D eigenvalue weighted by molar-refractivity contribution is 7.67. The summed E-state index contributed by atoms with van der Waals surface area (Å²) >= 11 is 0. The molecule has 0 amide bonds. The van der Waals surface area contributed by atoms with Gasteiger partial charge in [-0.3, -0.25) is 0 Å². The zero-order chi connectivity index (χ0) is 16.3. The minimum absolute atomic E-state index is 0.0445. The first-order chi connectivity index (χ1) is 11.1. The molecule has 0 atom stereocenters. The van der Waals surface area contributed by atoms with Gasteiger partial charge in [-0.2, -0.15) is 0 Å². The van der Waals surface area contributed by atoms with Crippen molar-refractivity contribution in [2.75, 3.05) is 0 Å². The van der Waals surface area contributed by atoms with Crippen molar-refractivity contribution in [3.05, 3.63) is 29.8 Å². The summed E-state index contributed by atoms with van der Waals surface area (Å²) in [6.07, 6.45) is 14.9. The Hall–Kier alpha value is -0.350. The molecule has 0 nitrogen and oxygen atoms in total. The molecule has 2 fully saturated rings. The van der Waals surface area contributed by atoms with Crippen molar-refractivity contribution in [1.82, 2.24) is 0 Å². The molecule has 0 N–H and O–H groups in total. The van der Waals surface area contributed by atoms with Crippen LogP contribution in [0.1, 0.15) is 90.5 Å². The molecule has 0 aliphatic heterocycles. The molecule has 128 valence electrons. The van der Waals surface area contributed by atoms with Crippen molar-refractivity contribution >= 4 is 13.2 Å². The maximum Gasteiger partial charge on any atom is -0.0132 e. The van der Waals surface area contributed by atoms with E-state index in [1.54, 1.807) is 5.30 Å². The van der Waals surface area contributed by atoms with Crippen LogP contribution in [0, 0.1) is 0 Å². The zero-order valence-corrected chi connectivity index (χ0v) is 16.4. The summed E-state index contributed by atoms with van der Waals surface area (Å²) in [5, 5.41) is 1.73. The third-order valence-electron chi connectivity index (χ3n) is 5.95. The highest BCUT2D eigenvalue weighted by Crippen LogP contribution is 2.55. The lowest BCUT2D eigenvalue weighted by molar-refractivity contribution is 0.487. The van der Waals surface area contributed by atoms with Gasteiger partial charge >= 0.3 is 0 Å². The monoisotopic (exact) mass is 330 g/mol. The second kappa shape index (κ2) is 7.69. The van der Waals surface area contributed by atoms with Gasteiger partial charge in [0.15, 0.2) is 0 Å². The molecular formula is C22H35P. The van der Waals surface area contributed by atoms with Crippen molar-refractivity contribution in [2.45, 2.75) is 102 Å². The largest absolute Gasteiger partial charge is 0.0690 e. The molecule has 0 saturated heterocycles. The van der Waals surface area contributed by atoms with Crippen molar-refractivity contribution < 1.29 is 0 Å². The molecule has 2 saturated carbocycles. The summed E-state index contributed by atoms with van der Waals surface area (Å²) < 4.78 is 0. The first-order valence-electron chi connectivity index (χ1n) is 9.94. The Morgan fingerprint density at radius 1 is 0.783 bits per heavy atom. The van der Waals surface area contributed by atoms with Crippen LogP contribution in [0.4, 0.5) is 0 Å². The summed E-state index contributed by atoms with van der Waals surface area (Å²) in [5.41, 5.74) is 3.83. The van der Waals surface area contributed by atoms with Crippen LogP contribution in [-0.2, 0) is 5.41 Å². The fourth-order valence-electron chi connectivity index (χ4n) is 4.57. The van der Waals surface area contributed by atoms with Crippen molar-refractivity contribution in [3.63, 3.8) is 0 Å². The van der Waals surface area contributed by atoms with Crippen LogP contribution in [0.3, 0.4) is 0 Å². The van der Waals surface area contributed by atoms with E-state index in [9.17, 15) is 0 Å². The summed E-state index contributed by atoms with van der Waals surface area (Å²) in [5.74, 6) is 0. The van der Waals surface area contributed by atoms with Crippen LogP contribution in [0.15, 0.2) is 24.3 Å². The van der Waals surface area contributed by atoms with E-state index in [-0.39, 0.29) is 13.3 Å². The standard InChI is InChI=1S/C22H35P/c1-22(2,3)18-11-10-16-21(17-18)23(19-12-6-4-7-13-19)20-14-8-5-9-15-20/h10-11,16-17,19-20H,4-9,12-15H2,1-3H3. The summed E-state index contributed by atoms with van der Waals surface area (Å²) in [7, 11) is 0.0445. The zero-order valence-electron chi connectivity index (χ0n) is 15.5. The average Bonchev–Trinajstić information content (AvgIpc) is 2.57. The lowest BCUT2D eigenvalue weighted by Gasteiger charge is -2.39. The van der Waals surface area contributed by atoms with E-state index in [4.69, 9.17) is 0 Å². The van der Waals surface area contributed by atoms with Crippen LogP contribution in [0.2, 0.25) is 0 Å². The number of hydrogen-bond donors (Lipinski definition) is 0. The molecule has 0 heterocycles. The second-order valence-corrected chi connectivity index (χ2v) is 11.6. The molecule has 2 aliphatic rings. The van der Waals surface area contributed by atoms with Gasteiger partial charge in [-0.15, -0.1) is 0 Å². The quantitative estimate of drug-likeness (QED) is 0.537. The van der Waals surface area contributed by atoms with Gasteiger partial charge in [0, 0.05) is 0 Å². The lowest BCUT2D eigenvalue weighted by Crippen LogP contribution is -2.27. The molecular weight excluding hydrogens is 295 g/mol. The molecule has 1 aromatic carbocycles. The Bertz CT molecular complexity index is 469. The van der Waals surface area contributed by atoms with Crippen LogP contribution < -0.4 is 5.30 Å². The molecule has 0 spiro atoms. The molecule has 0 radical (unpaired) electrons. The third kappa shape index (κ3) is 4.39. The Morgan fingerprint density at radius 3 is 1.78 bits per heavy atom. The summed E-state index contributed by atoms with van der Waals surface area (Å²) in [4.78, 5) is 0. The maximum atomic E-state index is 2.59. The van der Waals surface area contributed by atoms with Crippen LogP contribution in [0.25, 0.3) is 0 Å². The van der Waals surface area contributed by atoms with E-state index in [0.29, 0.717) is 0 Å². The highest BCUT2D eigenvalue weighted by atomic mass is 31.1. The van der Waals surface area contributed by atoms with E-state index in [0.717, 1.165) is 11.3 Å². The fourth-order valence-corrected chi connectivity index (χ4v) is 8.40. The Balaban J connectivity index is 1.90.